The molecule has 0 unspecified atom stereocenters. The molecule has 5 nitrogen and oxygen atoms in total. The quantitative estimate of drug-likeness (QED) is 0.399. The van der Waals surface area contributed by atoms with E-state index < -0.39 is 5.97 Å². The van der Waals surface area contributed by atoms with Crippen LogP contribution in [0.3, 0.4) is 0 Å². The number of nitriles is 1. The molecule has 0 amide bonds. The monoisotopic (exact) mass is 366 g/mol. The van der Waals surface area contributed by atoms with Gasteiger partial charge in [0, 0.05) is 24.4 Å². The van der Waals surface area contributed by atoms with Gasteiger partial charge in [-0.05, 0) is 55.7 Å². The molecule has 142 valence electrons. The molecule has 0 radical (unpaired) electrons. The fourth-order valence-electron chi connectivity index (χ4n) is 2.97. The minimum Gasteiger partial charge on any atom is -0.497 e. The Bertz CT molecular complexity index is 855. The van der Waals surface area contributed by atoms with Crippen LogP contribution in [-0.4, -0.2) is 24.3 Å². The Balaban J connectivity index is 2.02. The zero-order chi connectivity index (χ0) is 19.8. The predicted octanol–water partition coefficient (Wildman–Crippen LogP) is 4.22. The second kappa shape index (κ2) is 9.63. The van der Waals surface area contributed by atoms with Crippen molar-refractivity contribution >= 4 is 12.0 Å². The number of carbonyl (C=O) groups excluding carboxylic acids is 1. The van der Waals surface area contributed by atoms with Crippen molar-refractivity contribution in [1.29, 1.82) is 5.26 Å². The van der Waals surface area contributed by atoms with Gasteiger partial charge in [0.2, 0.25) is 0 Å². The van der Waals surface area contributed by atoms with Gasteiger partial charge in [-0.1, -0.05) is 19.1 Å². The maximum atomic E-state index is 12.3. The highest BCUT2D eigenvalue weighted by atomic mass is 16.5. The Morgan fingerprint density at radius 1 is 1.26 bits per heavy atom. The minimum absolute atomic E-state index is 0.0153. The lowest BCUT2D eigenvalue weighted by molar-refractivity contribution is -0.138. The number of nitrogens with zero attached hydrogens (tertiary/aromatic N) is 2. The third-order valence-electron chi connectivity index (χ3n) is 4.48. The van der Waals surface area contributed by atoms with Gasteiger partial charge >= 0.3 is 5.97 Å². The Morgan fingerprint density at radius 2 is 1.96 bits per heavy atom. The summed E-state index contributed by atoms with van der Waals surface area (Å²) in [5.41, 5.74) is 4.10. The summed E-state index contributed by atoms with van der Waals surface area (Å²) in [5, 5.41) is 9.36. The Kier molecular flexibility index (Phi) is 7.25. The van der Waals surface area contributed by atoms with Gasteiger partial charge in [-0.2, -0.15) is 5.26 Å². The molecule has 0 aliphatic carbocycles. The first-order chi connectivity index (χ1) is 13.0. The van der Waals surface area contributed by atoms with E-state index in [1.165, 1.54) is 0 Å². The maximum absolute atomic E-state index is 12.3. The Morgan fingerprint density at radius 3 is 2.56 bits per heavy atom. The molecule has 0 bridgehead atoms. The van der Waals surface area contributed by atoms with Crippen molar-refractivity contribution in [2.24, 2.45) is 0 Å². The third kappa shape index (κ3) is 5.24. The van der Waals surface area contributed by atoms with Crippen LogP contribution in [0.5, 0.6) is 5.75 Å². The average Bonchev–Trinajstić information content (AvgIpc) is 2.94. The highest BCUT2D eigenvalue weighted by Crippen LogP contribution is 2.19. The molecule has 0 saturated carbocycles. The number of aryl methyl sites for hydroxylation is 1. The zero-order valence-corrected chi connectivity index (χ0v) is 16.4. The van der Waals surface area contributed by atoms with Crippen LogP contribution in [0.1, 0.15) is 35.9 Å². The fourth-order valence-corrected chi connectivity index (χ4v) is 2.97. The number of carbonyl (C=O) groups is 1. The summed E-state index contributed by atoms with van der Waals surface area (Å²) in [5.74, 6) is 0.192. The second-order valence-electron chi connectivity index (χ2n) is 6.38. The molecule has 0 fully saturated rings. The number of aromatic nitrogens is 1. The molecule has 1 aromatic heterocycles. The van der Waals surface area contributed by atoms with E-state index in [1.807, 2.05) is 50.2 Å². The number of rotatable bonds is 8. The number of hydrogen-bond donors (Lipinski definition) is 0. The van der Waals surface area contributed by atoms with Crippen molar-refractivity contribution < 1.29 is 14.3 Å². The van der Waals surface area contributed by atoms with E-state index in [1.54, 1.807) is 13.2 Å². The van der Waals surface area contributed by atoms with Crippen molar-refractivity contribution in [3.05, 3.63) is 58.4 Å². The normalized spacial score (nSPS) is 11.1. The SMILES string of the molecule is CCCn1c(C)cc(/C=C(\C#N)C(=O)OCCc2ccc(OC)cc2)c1C. The van der Waals surface area contributed by atoms with E-state index >= 15 is 0 Å². The topological polar surface area (TPSA) is 64.2 Å². The number of benzene rings is 1. The van der Waals surface area contributed by atoms with Gasteiger partial charge in [-0.3, -0.25) is 0 Å². The lowest BCUT2D eigenvalue weighted by Crippen LogP contribution is -2.09. The lowest BCUT2D eigenvalue weighted by atomic mass is 10.1. The van der Waals surface area contributed by atoms with Gasteiger partial charge in [0.15, 0.2) is 0 Å². The number of hydrogen-bond acceptors (Lipinski definition) is 4. The van der Waals surface area contributed by atoms with Crippen molar-refractivity contribution in [3.8, 4) is 11.8 Å². The summed E-state index contributed by atoms with van der Waals surface area (Å²) in [4.78, 5) is 12.3. The van der Waals surface area contributed by atoms with E-state index in [-0.39, 0.29) is 12.2 Å². The molecule has 2 aromatic rings. The van der Waals surface area contributed by atoms with Crippen molar-refractivity contribution in [2.75, 3.05) is 13.7 Å². The summed E-state index contributed by atoms with van der Waals surface area (Å²) >= 11 is 0. The summed E-state index contributed by atoms with van der Waals surface area (Å²) in [6, 6.07) is 11.5. The standard InChI is InChI=1S/C22H26N2O3/c1-5-11-24-16(2)13-19(17(24)3)14-20(15-23)22(25)27-12-10-18-6-8-21(26-4)9-7-18/h6-9,13-14H,5,10-12H2,1-4H3/b20-14+. The Labute approximate surface area is 160 Å². The van der Waals surface area contributed by atoms with Crippen molar-refractivity contribution in [1.82, 2.24) is 4.57 Å². The van der Waals surface area contributed by atoms with Gasteiger partial charge in [0.25, 0.3) is 0 Å². The molecular weight excluding hydrogens is 340 g/mol. The lowest BCUT2D eigenvalue weighted by Gasteiger charge is -2.07. The zero-order valence-electron chi connectivity index (χ0n) is 16.4. The van der Waals surface area contributed by atoms with Crippen LogP contribution in [-0.2, 0) is 22.5 Å². The molecule has 27 heavy (non-hydrogen) atoms. The van der Waals surface area contributed by atoms with Gasteiger partial charge in [0.05, 0.1) is 13.7 Å². The molecule has 0 spiro atoms. The smallest absolute Gasteiger partial charge is 0.348 e. The van der Waals surface area contributed by atoms with E-state index in [2.05, 4.69) is 11.5 Å². The molecule has 0 aliphatic heterocycles. The molecule has 0 aliphatic rings. The summed E-state index contributed by atoms with van der Waals surface area (Å²) < 4.78 is 12.6. The van der Waals surface area contributed by atoms with Crippen LogP contribution in [0.4, 0.5) is 0 Å². The first kappa shape index (κ1) is 20.3. The van der Waals surface area contributed by atoms with E-state index in [0.29, 0.717) is 6.42 Å². The Hall–Kier alpha value is -3.00. The van der Waals surface area contributed by atoms with Crippen molar-refractivity contribution in [2.45, 2.75) is 40.2 Å². The summed E-state index contributed by atoms with van der Waals surface area (Å²) in [7, 11) is 1.62. The van der Waals surface area contributed by atoms with Crippen LogP contribution in [0, 0.1) is 25.2 Å². The van der Waals surface area contributed by atoms with E-state index in [9.17, 15) is 10.1 Å². The minimum atomic E-state index is -0.591. The predicted molar refractivity (Wildman–Crippen MR) is 105 cm³/mol. The molecule has 0 N–H and O–H groups in total. The number of methoxy groups -OCH3 is 1. The second-order valence-corrected chi connectivity index (χ2v) is 6.38. The average molecular weight is 366 g/mol. The van der Waals surface area contributed by atoms with Gasteiger partial charge in [0.1, 0.15) is 17.4 Å². The molecule has 1 aromatic carbocycles. The van der Waals surface area contributed by atoms with Crippen LogP contribution in [0.2, 0.25) is 0 Å². The highest BCUT2D eigenvalue weighted by molar-refractivity contribution is 5.98. The largest absolute Gasteiger partial charge is 0.497 e. The van der Waals surface area contributed by atoms with Crippen LogP contribution in [0.25, 0.3) is 6.08 Å². The first-order valence-electron chi connectivity index (χ1n) is 9.08. The number of esters is 1. The van der Waals surface area contributed by atoms with Crippen LogP contribution >= 0.6 is 0 Å². The maximum Gasteiger partial charge on any atom is 0.348 e. The molecule has 0 saturated heterocycles. The molecule has 5 heteroatoms. The fraction of sp³-hybridized carbons (Fsp3) is 0.364. The van der Waals surface area contributed by atoms with Gasteiger partial charge in [-0.25, -0.2) is 4.79 Å². The first-order valence-corrected chi connectivity index (χ1v) is 9.08. The number of ether oxygens (including phenoxy) is 2. The van der Waals surface area contributed by atoms with E-state index in [0.717, 1.165) is 41.2 Å². The van der Waals surface area contributed by atoms with E-state index in [4.69, 9.17) is 9.47 Å². The third-order valence-corrected chi connectivity index (χ3v) is 4.48. The van der Waals surface area contributed by atoms with Crippen LogP contribution < -0.4 is 4.74 Å². The molecular formula is C22H26N2O3. The summed E-state index contributed by atoms with van der Waals surface area (Å²) in [6.07, 6.45) is 3.22. The van der Waals surface area contributed by atoms with Gasteiger partial charge in [-0.15, -0.1) is 0 Å². The molecule has 1 heterocycles. The summed E-state index contributed by atoms with van der Waals surface area (Å²) in [6.45, 7) is 7.28. The van der Waals surface area contributed by atoms with Gasteiger partial charge < -0.3 is 14.0 Å². The molecule has 2 rings (SSSR count). The highest BCUT2D eigenvalue weighted by Gasteiger charge is 2.14. The molecule has 0 atom stereocenters. The van der Waals surface area contributed by atoms with Crippen molar-refractivity contribution in [3.63, 3.8) is 0 Å². The van der Waals surface area contributed by atoms with Crippen LogP contribution in [0.15, 0.2) is 35.9 Å².